The van der Waals surface area contributed by atoms with Crippen LogP contribution in [0.2, 0.25) is 0 Å². The van der Waals surface area contributed by atoms with Gasteiger partial charge >= 0.3 is 0 Å². The van der Waals surface area contributed by atoms with Gasteiger partial charge in [-0.05, 0) is 53.5 Å². The van der Waals surface area contributed by atoms with Crippen molar-refractivity contribution in [3.8, 4) is 0 Å². The third-order valence-electron chi connectivity index (χ3n) is 3.47. The third-order valence-corrected chi connectivity index (χ3v) is 3.47. The summed E-state index contributed by atoms with van der Waals surface area (Å²) in [6.45, 7) is 14.9. The predicted octanol–water partition coefficient (Wildman–Crippen LogP) is 5.26. The first kappa shape index (κ1) is 14.9. The fourth-order valence-corrected chi connectivity index (χ4v) is 2.52. The molecule has 0 saturated carbocycles. The molecular weight excluding hydrogens is 220 g/mol. The highest BCUT2D eigenvalue weighted by Gasteiger charge is 2.19. The molecule has 0 unspecified atom stereocenters. The Kier molecular flexibility index (Phi) is 4.72. The first-order chi connectivity index (χ1) is 8.25. The number of carbonyl (C=O) groups is 1. The van der Waals surface area contributed by atoms with Crippen LogP contribution in [0.4, 0.5) is 0 Å². The van der Waals surface area contributed by atoms with E-state index < -0.39 is 0 Å². The Morgan fingerprint density at radius 1 is 0.833 bits per heavy atom. The largest absolute Gasteiger partial charge is 0.295 e. The number of carbonyl (C=O) groups excluding carboxylic acids is 1. The molecule has 1 heteroatoms. The summed E-state index contributed by atoms with van der Waals surface area (Å²) in [6, 6.07) is 4.18. The van der Waals surface area contributed by atoms with E-state index in [0.717, 1.165) is 5.56 Å². The molecular formula is C17H26O. The zero-order valence-corrected chi connectivity index (χ0v) is 12.8. The van der Waals surface area contributed by atoms with Crippen molar-refractivity contribution in [3.63, 3.8) is 0 Å². The highest BCUT2D eigenvalue weighted by molar-refractivity contribution is 5.94. The van der Waals surface area contributed by atoms with E-state index in [9.17, 15) is 4.79 Å². The Morgan fingerprint density at radius 3 is 1.44 bits per heavy atom. The van der Waals surface area contributed by atoms with Crippen molar-refractivity contribution in [1.82, 2.24) is 0 Å². The number of benzene rings is 1. The van der Waals surface area contributed by atoms with E-state index in [0.29, 0.717) is 17.8 Å². The van der Waals surface area contributed by atoms with Crippen LogP contribution in [0.5, 0.6) is 0 Å². The van der Waals surface area contributed by atoms with Crippen molar-refractivity contribution < 1.29 is 4.79 Å². The van der Waals surface area contributed by atoms with Crippen LogP contribution in [0.3, 0.4) is 0 Å². The number of hydrogen-bond donors (Lipinski definition) is 0. The molecule has 0 atom stereocenters. The molecule has 100 valence electrons. The fourth-order valence-electron chi connectivity index (χ4n) is 2.52. The van der Waals surface area contributed by atoms with E-state index in [1.807, 2.05) is 0 Å². The molecule has 1 rings (SSSR count). The molecule has 1 nitrogen and oxygen atoms in total. The highest BCUT2D eigenvalue weighted by atomic mass is 16.1. The van der Waals surface area contributed by atoms with Gasteiger partial charge in [0.15, 0.2) is 5.78 Å². The minimum absolute atomic E-state index is 0.161. The Balaban J connectivity index is 3.60. The summed E-state index contributed by atoms with van der Waals surface area (Å²) in [5, 5.41) is 0. The summed E-state index contributed by atoms with van der Waals surface area (Å²) in [6.07, 6.45) is 0. The van der Waals surface area contributed by atoms with Crippen molar-refractivity contribution in [2.24, 2.45) is 0 Å². The van der Waals surface area contributed by atoms with Crippen LogP contribution >= 0.6 is 0 Å². The average Bonchev–Trinajstić information content (AvgIpc) is 2.26. The first-order valence-electron chi connectivity index (χ1n) is 6.94. The maximum atomic E-state index is 11.7. The van der Waals surface area contributed by atoms with E-state index in [1.165, 1.54) is 16.7 Å². The monoisotopic (exact) mass is 246 g/mol. The van der Waals surface area contributed by atoms with Gasteiger partial charge in [0.05, 0.1) is 0 Å². The molecule has 1 aromatic carbocycles. The van der Waals surface area contributed by atoms with Crippen LogP contribution in [0, 0.1) is 0 Å². The van der Waals surface area contributed by atoms with Gasteiger partial charge in [-0.25, -0.2) is 0 Å². The zero-order chi connectivity index (χ0) is 14.0. The normalized spacial score (nSPS) is 11.7. The lowest BCUT2D eigenvalue weighted by Gasteiger charge is -2.23. The van der Waals surface area contributed by atoms with Gasteiger partial charge in [0.25, 0.3) is 0 Å². The molecule has 0 spiro atoms. The van der Waals surface area contributed by atoms with E-state index >= 15 is 0 Å². The van der Waals surface area contributed by atoms with E-state index in [4.69, 9.17) is 0 Å². The molecule has 0 heterocycles. The van der Waals surface area contributed by atoms with Crippen molar-refractivity contribution in [2.75, 3.05) is 0 Å². The van der Waals surface area contributed by atoms with Crippen LogP contribution in [0.15, 0.2) is 12.1 Å². The van der Waals surface area contributed by atoms with E-state index in [1.54, 1.807) is 6.92 Å². The maximum Gasteiger partial charge on any atom is 0.159 e. The summed E-state index contributed by atoms with van der Waals surface area (Å²) in [7, 11) is 0. The lowest BCUT2D eigenvalue weighted by atomic mass is 9.81. The third kappa shape index (κ3) is 3.01. The van der Waals surface area contributed by atoms with Crippen LogP contribution in [-0.2, 0) is 0 Å². The number of ketones is 1. The lowest BCUT2D eigenvalue weighted by Crippen LogP contribution is -2.08. The Bertz CT molecular complexity index is 410. The van der Waals surface area contributed by atoms with E-state index in [-0.39, 0.29) is 5.78 Å². The summed E-state index contributed by atoms with van der Waals surface area (Å²) in [5.74, 6) is 1.58. The molecule has 0 amide bonds. The average molecular weight is 246 g/mol. The number of hydrogen-bond acceptors (Lipinski definition) is 1. The van der Waals surface area contributed by atoms with Crippen molar-refractivity contribution >= 4 is 5.78 Å². The predicted molar refractivity (Wildman–Crippen MR) is 78.7 cm³/mol. The first-order valence-corrected chi connectivity index (χ1v) is 6.94. The van der Waals surface area contributed by atoms with Gasteiger partial charge in [0.2, 0.25) is 0 Å². The maximum absolute atomic E-state index is 11.7. The second kappa shape index (κ2) is 5.69. The van der Waals surface area contributed by atoms with Crippen LogP contribution in [0.1, 0.15) is 93.3 Å². The molecule has 18 heavy (non-hydrogen) atoms. The van der Waals surface area contributed by atoms with Gasteiger partial charge in [-0.1, -0.05) is 41.5 Å². The Hall–Kier alpha value is -1.11. The highest BCUT2D eigenvalue weighted by Crippen LogP contribution is 2.34. The summed E-state index contributed by atoms with van der Waals surface area (Å²) < 4.78 is 0. The van der Waals surface area contributed by atoms with Crippen molar-refractivity contribution in [2.45, 2.75) is 66.2 Å². The number of Topliss-reactive ketones (excluding diaryl/α,β-unsaturated/α-hetero) is 1. The molecule has 0 aromatic heterocycles. The summed E-state index contributed by atoms with van der Waals surface area (Å²) >= 11 is 0. The van der Waals surface area contributed by atoms with Gasteiger partial charge in [-0.2, -0.15) is 0 Å². The van der Waals surface area contributed by atoms with Gasteiger partial charge in [0.1, 0.15) is 0 Å². The molecule has 0 radical (unpaired) electrons. The molecule has 0 aliphatic heterocycles. The minimum Gasteiger partial charge on any atom is -0.295 e. The van der Waals surface area contributed by atoms with Crippen molar-refractivity contribution in [1.29, 1.82) is 0 Å². The molecule has 0 aliphatic carbocycles. The topological polar surface area (TPSA) is 17.1 Å². The van der Waals surface area contributed by atoms with E-state index in [2.05, 4.69) is 53.7 Å². The summed E-state index contributed by atoms with van der Waals surface area (Å²) in [5.41, 5.74) is 4.96. The molecule has 1 aromatic rings. The molecule has 0 aliphatic rings. The second-order valence-electron chi connectivity index (χ2n) is 6.09. The SMILES string of the molecule is CC(=O)c1cc(C(C)C)c(C(C)C)c(C(C)C)c1. The Labute approximate surface area is 112 Å². The van der Waals surface area contributed by atoms with Gasteiger partial charge < -0.3 is 0 Å². The Morgan fingerprint density at radius 2 is 1.22 bits per heavy atom. The molecule has 0 fully saturated rings. The van der Waals surface area contributed by atoms with Gasteiger partial charge in [-0.15, -0.1) is 0 Å². The smallest absolute Gasteiger partial charge is 0.159 e. The van der Waals surface area contributed by atoms with Crippen molar-refractivity contribution in [3.05, 3.63) is 34.4 Å². The quantitative estimate of drug-likeness (QED) is 0.662. The minimum atomic E-state index is 0.161. The zero-order valence-electron chi connectivity index (χ0n) is 12.8. The van der Waals surface area contributed by atoms with Crippen LogP contribution < -0.4 is 0 Å². The van der Waals surface area contributed by atoms with Crippen LogP contribution in [0.25, 0.3) is 0 Å². The summed E-state index contributed by atoms with van der Waals surface area (Å²) in [4.78, 5) is 11.7. The second-order valence-corrected chi connectivity index (χ2v) is 6.09. The van der Waals surface area contributed by atoms with Gasteiger partial charge in [-0.3, -0.25) is 4.79 Å². The number of rotatable bonds is 4. The van der Waals surface area contributed by atoms with Crippen LogP contribution in [-0.4, -0.2) is 5.78 Å². The van der Waals surface area contributed by atoms with Gasteiger partial charge in [0, 0.05) is 5.56 Å². The molecule has 0 N–H and O–H groups in total. The fraction of sp³-hybridized carbons (Fsp3) is 0.588. The molecule has 0 bridgehead atoms. The lowest BCUT2D eigenvalue weighted by molar-refractivity contribution is 0.101. The standard InChI is InChI=1S/C17H26O/c1-10(2)15-8-14(13(7)18)9-16(11(3)4)17(15)12(5)6/h8-12H,1-7H3. The molecule has 0 saturated heterocycles.